The molecule has 0 spiro atoms. The topological polar surface area (TPSA) is 65.4 Å². The minimum Gasteiger partial charge on any atom is -0.469 e. The average molecular weight is 536 g/mol. The van der Waals surface area contributed by atoms with Crippen molar-refractivity contribution in [2.45, 2.75) is 72.2 Å². The highest BCUT2D eigenvalue weighted by atomic mass is 19.4. The molecule has 38 heavy (non-hydrogen) atoms. The molecule has 0 aliphatic heterocycles. The van der Waals surface area contributed by atoms with Gasteiger partial charge in [-0.05, 0) is 72.4 Å². The Hall–Kier alpha value is -3.30. The summed E-state index contributed by atoms with van der Waals surface area (Å²) in [5.41, 5.74) is 1.70. The fourth-order valence-electron chi connectivity index (χ4n) is 6.00. The molecule has 0 atom stereocenters. The average Bonchev–Trinajstić information content (AvgIpc) is 3.15. The van der Waals surface area contributed by atoms with Gasteiger partial charge in [0.15, 0.2) is 5.82 Å². The summed E-state index contributed by atoms with van der Waals surface area (Å²) in [4.78, 5) is 16.2. The van der Waals surface area contributed by atoms with Gasteiger partial charge in [-0.2, -0.15) is 0 Å². The molecule has 0 radical (unpaired) electrons. The molecule has 1 saturated carbocycles. The first kappa shape index (κ1) is 27.7. The Bertz CT molecular complexity index is 1300. The van der Waals surface area contributed by atoms with Crippen molar-refractivity contribution < 1.29 is 31.8 Å². The number of halogens is 4. The number of nitrogens with one attached hydrogen (secondary N) is 1. The number of hydrogen-bond donors (Lipinski definition) is 1. The molecule has 3 aromatic rings. The number of rotatable bonds is 7. The second kappa shape index (κ2) is 10.1. The first-order valence-electron chi connectivity index (χ1n) is 12.6. The first-order chi connectivity index (χ1) is 17.7. The molecule has 2 aromatic carbocycles. The second-order valence-electron chi connectivity index (χ2n) is 11.6. The minimum atomic E-state index is -4.79. The highest BCUT2D eigenvalue weighted by Crippen LogP contribution is 2.51. The smallest absolute Gasteiger partial charge is 0.469 e. The van der Waals surface area contributed by atoms with E-state index in [1.54, 1.807) is 6.07 Å². The van der Waals surface area contributed by atoms with Crippen molar-refractivity contribution in [3.05, 3.63) is 47.8 Å². The SMILES string of the molecule is COC(=O)CCc1ccc2c(nc(Nc3ccc(OC(F)(F)F)cc3)n2C2CC(C)(C)CC(C)(C)C2)c1F. The Kier molecular flexibility index (Phi) is 7.38. The van der Waals surface area contributed by atoms with Crippen molar-refractivity contribution in [1.82, 2.24) is 9.55 Å². The van der Waals surface area contributed by atoms with Crippen LogP contribution >= 0.6 is 0 Å². The maximum Gasteiger partial charge on any atom is 0.573 e. The van der Waals surface area contributed by atoms with Crippen LogP contribution in [0, 0.1) is 16.6 Å². The Morgan fingerprint density at radius 1 is 1.08 bits per heavy atom. The zero-order valence-electron chi connectivity index (χ0n) is 22.2. The van der Waals surface area contributed by atoms with E-state index in [4.69, 9.17) is 0 Å². The predicted octanol–water partition coefficient (Wildman–Crippen LogP) is 7.70. The summed E-state index contributed by atoms with van der Waals surface area (Å²) >= 11 is 0. The van der Waals surface area contributed by atoms with E-state index in [1.807, 2.05) is 10.6 Å². The van der Waals surface area contributed by atoms with E-state index in [9.17, 15) is 18.0 Å². The van der Waals surface area contributed by atoms with Gasteiger partial charge in [0, 0.05) is 18.2 Å². The molecule has 1 aromatic heterocycles. The zero-order valence-corrected chi connectivity index (χ0v) is 22.2. The molecule has 1 aliphatic rings. The molecule has 0 amide bonds. The summed E-state index contributed by atoms with van der Waals surface area (Å²) in [6.45, 7) is 8.88. The van der Waals surface area contributed by atoms with E-state index in [-0.39, 0.29) is 41.0 Å². The van der Waals surface area contributed by atoms with Gasteiger partial charge in [-0.15, -0.1) is 13.2 Å². The van der Waals surface area contributed by atoms with E-state index in [1.165, 1.54) is 31.4 Å². The van der Waals surface area contributed by atoms with E-state index in [0.29, 0.717) is 22.7 Å². The van der Waals surface area contributed by atoms with Gasteiger partial charge >= 0.3 is 12.3 Å². The summed E-state index contributed by atoms with van der Waals surface area (Å²) in [6.07, 6.45) is -1.83. The van der Waals surface area contributed by atoms with Gasteiger partial charge in [0.2, 0.25) is 5.95 Å². The van der Waals surface area contributed by atoms with Gasteiger partial charge < -0.3 is 19.4 Å². The monoisotopic (exact) mass is 535 g/mol. The number of ether oxygens (including phenoxy) is 2. The van der Waals surface area contributed by atoms with Crippen molar-refractivity contribution in [3.63, 3.8) is 0 Å². The number of alkyl halides is 3. The van der Waals surface area contributed by atoms with Gasteiger partial charge in [-0.1, -0.05) is 33.8 Å². The summed E-state index contributed by atoms with van der Waals surface area (Å²) in [5, 5.41) is 3.18. The van der Waals surface area contributed by atoms with E-state index >= 15 is 4.39 Å². The fraction of sp³-hybridized carbons (Fsp3) is 0.500. The molecule has 1 N–H and O–H groups in total. The summed E-state index contributed by atoms with van der Waals surface area (Å²) in [5.74, 6) is -0.876. The number of fused-ring (bicyclic) bond motifs is 1. The number of imidazole rings is 1. The van der Waals surface area contributed by atoms with Crippen molar-refractivity contribution in [1.29, 1.82) is 0 Å². The van der Waals surface area contributed by atoms with Gasteiger partial charge in [0.1, 0.15) is 11.3 Å². The number of anilines is 2. The van der Waals surface area contributed by atoms with Crippen LogP contribution in [0.4, 0.5) is 29.2 Å². The lowest BCUT2D eigenvalue weighted by atomic mass is 9.63. The van der Waals surface area contributed by atoms with Gasteiger partial charge in [-0.25, -0.2) is 9.37 Å². The number of benzene rings is 2. The third-order valence-corrected chi connectivity index (χ3v) is 6.95. The normalized spacial score (nSPS) is 17.4. The summed E-state index contributed by atoms with van der Waals surface area (Å²) < 4.78 is 64.0. The van der Waals surface area contributed by atoms with Gasteiger partial charge in [-0.3, -0.25) is 4.79 Å². The molecular formula is C28H33F4N3O3. The lowest BCUT2D eigenvalue weighted by Gasteiger charge is -2.45. The number of aromatic nitrogens is 2. The Morgan fingerprint density at radius 2 is 1.71 bits per heavy atom. The molecule has 1 heterocycles. The highest BCUT2D eigenvalue weighted by Gasteiger charge is 2.40. The van der Waals surface area contributed by atoms with Crippen LogP contribution in [0.5, 0.6) is 5.75 Å². The van der Waals surface area contributed by atoms with Crippen LogP contribution in [0.3, 0.4) is 0 Å². The Morgan fingerprint density at radius 3 is 2.29 bits per heavy atom. The number of carbonyl (C=O) groups excluding carboxylic acids is 1. The van der Waals surface area contributed by atoms with E-state index in [0.717, 1.165) is 19.3 Å². The lowest BCUT2D eigenvalue weighted by molar-refractivity contribution is -0.274. The molecule has 6 nitrogen and oxygen atoms in total. The Labute approximate surface area is 219 Å². The molecule has 1 aliphatic carbocycles. The third kappa shape index (κ3) is 6.39. The molecule has 0 saturated heterocycles. The van der Waals surface area contributed by atoms with Crippen LogP contribution < -0.4 is 10.1 Å². The number of esters is 1. The van der Waals surface area contributed by atoms with Gasteiger partial charge in [0.05, 0.1) is 12.6 Å². The quantitative estimate of drug-likeness (QED) is 0.248. The van der Waals surface area contributed by atoms with Crippen molar-refractivity contribution >= 4 is 28.6 Å². The Balaban J connectivity index is 1.76. The molecule has 1 fully saturated rings. The van der Waals surface area contributed by atoms with Crippen LogP contribution in [-0.4, -0.2) is 29.0 Å². The number of nitrogens with zero attached hydrogens (tertiary/aromatic N) is 2. The highest BCUT2D eigenvalue weighted by molar-refractivity contribution is 5.82. The number of hydrogen-bond acceptors (Lipinski definition) is 5. The van der Waals surface area contributed by atoms with Gasteiger partial charge in [0.25, 0.3) is 0 Å². The molecule has 0 unspecified atom stereocenters. The van der Waals surface area contributed by atoms with E-state index in [2.05, 4.69) is 47.5 Å². The van der Waals surface area contributed by atoms with Crippen LogP contribution in [0.2, 0.25) is 0 Å². The maximum atomic E-state index is 15.7. The predicted molar refractivity (Wildman–Crippen MR) is 137 cm³/mol. The molecule has 4 rings (SSSR count). The maximum absolute atomic E-state index is 15.7. The third-order valence-electron chi connectivity index (χ3n) is 6.95. The number of carbonyl (C=O) groups is 1. The lowest BCUT2D eigenvalue weighted by Crippen LogP contribution is -2.35. The first-order valence-corrected chi connectivity index (χ1v) is 12.6. The molecule has 206 valence electrons. The van der Waals surface area contributed by atoms with Crippen LogP contribution in [-0.2, 0) is 16.0 Å². The van der Waals surface area contributed by atoms with Crippen molar-refractivity contribution in [2.75, 3.05) is 12.4 Å². The molecule has 10 heteroatoms. The van der Waals surface area contributed by atoms with Crippen molar-refractivity contribution in [2.24, 2.45) is 10.8 Å². The van der Waals surface area contributed by atoms with Crippen LogP contribution in [0.1, 0.15) is 65.0 Å². The number of aryl methyl sites for hydroxylation is 1. The standard InChI is InChI=1S/C28H33F4N3O3/c1-26(2)14-19(15-27(3,4)16-26)35-21-12-6-17(7-13-22(36)37-5)23(29)24(21)34-25(35)33-18-8-10-20(11-9-18)38-28(30,31)32/h6,8-12,19H,7,13-16H2,1-5H3,(H,33,34). The second-order valence-corrected chi connectivity index (χ2v) is 11.6. The largest absolute Gasteiger partial charge is 0.573 e. The van der Waals surface area contributed by atoms with Crippen molar-refractivity contribution in [3.8, 4) is 5.75 Å². The number of methoxy groups -OCH3 is 1. The summed E-state index contributed by atoms with van der Waals surface area (Å²) in [7, 11) is 1.29. The van der Waals surface area contributed by atoms with E-state index < -0.39 is 18.1 Å². The zero-order chi connectivity index (χ0) is 27.9. The molecular weight excluding hydrogens is 502 g/mol. The van der Waals surface area contributed by atoms with Crippen LogP contribution in [0.15, 0.2) is 36.4 Å². The molecule has 0 bridgehead atoms. The minimum absolute atomic E-state index is 0.00871. The summed E-state index contributed by atoms with van der Waals surface area (Å²) in [6, 6.07) is 8.83. The van der Waals surface area contributed by atoms with Crippen LogP contribution in [0.25, 0.3) is 11.0 Å². The fourth-order valence-corrected chi connectivity index (χ4v) is 6.00.